The van der Waals surface area contributed by atoms with E-state index in [1.807, 2.05) is 0 Å². The summed E-state index contributed by atoms with van der Waals surface area (Å²) in [4.78, 5) is 10.8. The van der Waals surface area contributed by atoms with E-state index in [0.29, 0.717) is 6.54 Å². The normalized spacial score (nSPS) is 17.6. The minimum atomic E-state index is -0.432. The molecule has 0 unspecified atom stereocenters. The third kappa shape index (κ3) is 2.03. The monoisotopic (exact) mass is 218 g/mol. The molecule has 0 radical (unpaired) electrons. The van der Waals surface area contributed by atoms with Gasteiger partial charge in [0.2, 0.25) is 0 Å². The molecule has 86 valence electrons. The Morgan fingerprint density at radius 2 is 2.00 bits per heavy atom. The van der Waals surface area contributed by atoms with Crippen LogP contribution in [0.4, 0.5) is 4.79 Å². The van der Waals surface area contributed by atoms with Gasteiger partial charge in [-0.1, -0.05) is 36.2 Å². The first kappa shape index (κ1) is 11.0. The molecule has 1 fully saturated rings. The van der Waals surface area contributed by atoms with E-state index in [1.165, 1.54) is 17.5 Å². The maximum Gasteiger partial charge on any atom is 0.312 e. The van der Waals surface area contributed by atoms with Crippen molar-refractivity contribution in [2.45, 2.75) is 31.6 Å². The molecule has 0 bridgehead atoms. The molecule has 3 heteroatoms. The summed E-state index contributed by atoms with van der Waals surface area (Å²) in [6.45, 7) is 2.74. The van der Waals surface area contributed by atoms with Crippen LogP contribution in [0.2, 0.25) is 0 Å². The van der Waals surface area contributed by atoms with Crippen molar-refractivity contribution in [3.8, 4) is 0 Å². The standard InChI is InChI=1S/C13H18N2O/c1-10-3-5-11(6-4-10)13(7-2-8-13)9-15-12(14)16/h3-6H,2,7-9H2,1H3,(H3,14,15,16). The fraction of sp³-hybridized carbons (Fsp3) is 0.462. The molecule has 1 aromatic carbocycles. The number of nitrogens with one attached hydrogen (secondary N) is 1. The zero-order chi connectivity index (χ0) is 11.6. The smallest absolute Gasteiger partial charge is 0.312 e. The number of urea groups is 1. The summed E-state index contributed by atoms with van der Waals surface area (Å²) >= 11 is 0. The molecule has 1 aromatic rings. The molecule has 3 N–H and O–H groups in total. The quantitative estimate of drug-likeness (QED) is 0.802. The van der Waals surface area contributed by atoms with Gasteiger partial charge in [-0.2, -0.15) is 0 Å². The highest BCUT2D eigenvalue weighted by Gasteiger charge is 2.38. The third-order valence-electron chi connectivity index (χ3n) is 3.58. The fourth-order valence-corrected chi connectivity index (χ4v) is 2.33. The summed E-state index contributed by atoms with van der Waals surface area (Å²) in [5.41, 5.74) is 7.84. The SMILES string of the molecule is Cc1ccc(C2(CNC(N)=O)CCC2)cc1. The number of nitrogens with two attached hydrogens (primary N) is 1. The topological polar surface area (TPSA) is 55.1 Å². The van der Waals surface area contributed by atoms with Crippen LogP contribution in [0.1, 0.15) is 30.4 Å². The molecular formula is C13H18N2O. The lowest BCUT2D eigenvalue weighted by molar-refractivity contribution is 0.220. The lowest BCUT2D eigenvalue weighted by Gasteiger charge is -2.42. The summed E-state index contributed by atoms with van der Waals surface area (Å²) in [6.07, 6.45) is 3.50. The van der Waals surface area contributed by atoms with Crippen LogP contribution in [0.5, 0.6) is 0 Å². The van der Waals surface area contributed by atoms with Crippen LogP contribution in [0, 0.1) is 6.92 Å². The Hall–Kier alpha value is -1.51. The molecular weight excluding hydrogens is 200 g/mol. The van der Waals surface area contributed by atoms with Gasteiger partial charge in [-0.15, -0.1) is 0 Å². The molecule has 0 heterocycles. The highest BCUT2D eigenvalue weighted by atomic mass is 16.2. The van der Waals surface area contributed by atoms with Crippen molar-refractivity contribution in [2.24, 2.45) is 5.73 Å². The van der Waals surface area contributed by atoms with E-state index in [-0.39, 0.29) is 5.41 Å². The van der Waals surface area contributed by atoms with Crippen molar-refractivity contribution in [2.75, 3.05) is 6.54 Å². The van der Waals surface area contributed by atoms with Gasteiger partial charge < -0.3 is 11.1 Å². The second-order valence-electron chi connectivity index (χ2n) is 4.72. The number of amides is 2. The van der Waals surface area contributed by atoms with E-state index in [4.69, 9.17) is 5.73 Å². The number of hydrogen-bond acceptors (Lipinski definition) is 1. The highest BCUT2D eigenvalue weighted by molar-refractivity contribution is 5.71. The van der Waals surface area contributed by atoms with Crippen LogP contribution in [-0.4, -0.2) is 12.6 Å². The summed E-state index contributed by atoms with van der Waals surface area (Å²) < 4.78 is 0. The van der Waals surface area contributed by atoms with Crippen molar-refractivity contribution >= 4 is 6.03 Å². The van der Waals surface area contributed by atoms with E-state index in [0.717, 1.165) is 12.8 Å². The van der Waals surface area contributed by atoms with Gasteiger partial charge in [-0.05, 0) is 25.3 Å². The zero-order valence-corrected chi connectivity index (χ0v) is 9.62. The van der Waals surface area contributed by atoms with E-state index < -0.39 is 6.03 Å². The van der Waals surface area contributed by atoms with Gasteiger partial charge in [-0.25, -0.2) is 4.79 Å². The van der Waals surface area contributed by atoms with Gasteiger partial charge in [0.05, 0.1) is 0 Å². The van der Waals surface area contributed by atoms with E-state index in [9.17, 15) is 4.79 Å². The molecule has 0 aromatic heterocycles. The van der Waals surface area contributed by atoms with Crippen LogP contribution < -0.4 is 11.1 Å². The molecule has 3 nitrogen and oxygen atoms in total. The van der Waals surface area contributed by atoms with E-state index >= 15 is 0 Å². The average molecular weight is 218 g/mol. The Morgan fingerprint density at radius 1 is 1.38 bits per heavy atom. The molecule has 1 aliphatic rings. The molecule has 16 heavy (non-hydrogen) atoms. The fourth-order valence-electron chi connectivity index (χ4n) is 2.33. The summed E-state index contributed by atoms with van der Waals surface area (Å²) in [5, 5.41) is 2.74. The number of rotatable bonds is 3. The maximum atomic E-state index is 10.8. The lowest BCUT2D eigenvalue weighted by Crippen LogP contribution is -2.46. The van der Waals surface area contributed by atoms with Gasteiger partial charge in [0.1, 0.15) is 0 Å². The molecule has 1 aliphatic carbocycles. The summed E-state index contributed by atoms with van der Waals surface area (Å²) in [5.74, 6) is 0. The highest BCUT2D eigenvalue weighted by Crippen LogP contribution is 2.43. The predicted molar refractivity (Wildman–Crippen MR) is 64.3 cm³/mol. The van der Waals surface area contributed by atoms with Crippen molar-refractivity contribution < 1.29 is 4.79 Å². The van der Waals surface area contributed by atoms with Crippen LogP contribution in [0.15, 0.2) is 24.3 Å². The Kier molecular flexibility index (Phi) is 2.86. The zero-order valence-electron chi connectivity index (χ0n) is 9.62. The van der Waals surface area contributed by atoms with E-state index in [1.54, 1.807) is 0 Å². The first-order valence-corrected chi connectivity index (χ1v) is 5.73. The summed E-state index contributed by atoms with van der Waals surface area (Å²) in [6, 6.07) is 8.15. The van der Waals surface area contributed by atoms with Crippen LogP contribution >= 0.6 is 0 Å². The molecule has 2 rings (SSSR count). The number of carbonyl (C=O) groups is 1. The number of carbonyl (C=O) groups excluding carboxylic acids is 1. The van der Waals surface area contributed by atoms with Gasteiger partial charge in [0.15, 0.2) is 0 Å². The average Bonchev–Trinajstić information content (AvgIpc) is 2.18. The first-order valence-electron chi connectivity index (χ1n) is 5.73. The number of benzene rings is 1. The minimum Gasteiger partial charge on any atom is -0.352 e. The molecule has 2 amide bonds. The lowest BCUT2D eigenvalue weighted by atomic mass is 9.64. The van der Waals surface area contributed by atoms with Crippen LogP contribution in [0.3, 0.4) is 0 Å². The third-order valence-corrected chi connectivity index (χ3v) is 3.58. The van der Waals surface area contributed by atoms with E-state index in [2.05, 4.69) is 36.5 Å². The second-order valence-corrected chi connectivity index (χ2v) is 4.72. The minimum absolute atomic E-state index is 0.128. The van der Waals surface area contributed by atoms with Gasteiger partial charge in [0.25, 0.3) is 0 Å². The number of hydrogen-bond donors (Lipinski definition) is 2. The molecule has 0 saturated heterocycles. The molecule has 0 atom stereocenters. The van der Waals surface area contributed by atoms with Crippen LogP contribution in [0.25, 0.3) is 0 Å². The van der Waals surface area contributed by atoms with Crippen LogP contribution in [-0.2, 0) is 5.41 Å². The van der Waals surface area contributed by atoms with Crippen molar-refractivity contribution in [3.05, 3.63) is 35.4 Å². The Bertz CT molecular complexity index is 379. The molecule has 0 aliphatic heterocycles. The predicted octanol–water partition coefficient (Wildman–Crippen LogP) is 2.09. The van der Waals surface area contributed by atoms with Crippen molar-refractivity contribution in [1.82, 2.24) is 5.32 Å². The Morgan fingerprint density at radius 3 is 2.44 bits per heavy atom. The van der Waals surface area contributed by atoms with Gasteiger partial charge in [-0.3, -0.25) is 0 Å². The van der Waals surface area contributed by atoms with Crippen molar-refractivity contribution in [1.29, 1.82) is 0 Å². The maximum absolute atomic E-state index is 10.8. The Balaban J connectivity index is 2.14. The molecule has 1 saturated carbocycles. The second kappa shape index (κ2) is 4.16. The molecule has 0 spiro atoms. The number of primary amides is 1. The largest absolute Gasteiger partial charge is 0.352 e. The van der Waals surface area contributed by atoms with Gasteiger partial charge in [0, 0.05) is 12.0 Å². The van der Waals surface area contributed by atoms with Gasteiger partial charge >= 0.3 is 6.03 Å². The Labute approximate surface area is 96.0 Å². The summed E-state index contributed by atoms with van der Waals surface area (Å²) in [7, 11) is 0. The first-order chi connectivity index (χ1) is 7.62. The van der Waals surface area contributed by atoms with Crippen molar-refractivity contribution in [3.63, 3.8) is 0 Å². The number of aryl methyl sites for hydroxylation is 1.